The van der Waals surface area contributed by atoms with E-state index in [2.05, 4.69) is 11.4 Å². The summed E-state index contributed by atoms with van der Waals surface area (Å²) in [5, 5.41) is 3.14. The Hall–Kier alpha value is -3.55. The van der Waals surface area contributed by atoms with Gasteiger partial charge in [0.15, 0.2) is 0 Å². The number of nitrogens with zero attached hydrogens (tertiary/aromatic N) is 2. The van der Waals surface area contributed by atoms with E-state index in [4.69, 9.17) is 9.47 Å². The van der Waals surface area contributed by atoms with E-state index in [0.717, 1.165) is 30.4 Å². The van der Waals surface area contributed by atoms with Crippen LogP contribution in [0.15, 0.2) is 54.6 Å². The highest BCUT2D eigenvalue weighted by Gasteiger charge is 2.40. The maximum Gasteiger partial charge on any atom is 0.411 e. The molecule has 1 heterocycles. The highest BCUT2D eigenvalue weighted by molar-refractivity contribution is 5.87. The van der Waals surface area contributed by atoms with Crippen molar-refractivity contribution in [2.24, 2.45) is 0 Å². The van der Waals surface area contributed by atoms with Crippen LogP contribution in [0.4, 0.5) is 9.59 Å². The highest BCUT2D eigenvalue weighted by atomic mass is 16.6. The number of carbonyl (C=O) groups is 3. The zero-order chi connectivity index (χ0) is 25.7. The highest BCUT2D eigenvalue weighted by Crippen LogP contribution is 2.30. The molecule has 4 rings (SSSR count). The van der Waals surface area contributed by atoms with Crippen molar-refractivity contribution in [3.63, 3.8) is 0 Å². The van der Waals surface area contributed by atoms with Crippen LogP contribution in [0, 0.1) is 0 Å². The molecule has 192 valence electrons. The number of ether oxygens (including phenoxy) is 2. The van der Waals surface area contributed by atoms with Crippen LogP contribution in [0.5, 0.6) is 0 Å². The lowest BCUT2D eigenvalue weighted by Crippen LogP contribution is -2.62. The van der Waals surface area contributed by atoms with Gasteiger partial charge < -0.3 is 19.7 Å². The Morgan fingerprint density at radius 2 is 1.69 bits per heavy atom. The largest absolute Gasteiger partial charge is 0.445 e. The molecular formula is C28H35N3O5. The topological polar surface area (TPSA) is 88.2 Å². The summed E-state index contributed by atoms with van der Waals surface area (Å²) < 4.78 is 11.1. The quantitative estimate of drug-likeness (QED) is 0.680. The van der Waals surface area contributed by atoms with Crippen LogP contribution in [-0.4, -0.2) is 59.2 Å². The molecule has 1 N–H and O–H groups in total. The first-order chi connectivity index (χ1) is 17.2. The molecule has 2 aromatic rings. The lowest BCUT2D eigenvalue weighted by atomic mass is 9.87. The van der Waals surface area contributed by atoms with Gasteiger partial charge in [-0.05, 0) is 56.7 Å². The molecule has 1 aliphatic carbocycles. The molecule has 0 unspecified atom stereocenters. The van der Waals surface area contributed by atoms with Crippen LogP contribution in [-0.2, 0) is 27.3 Å². The molecule has 8 heteroatoms. The Morgan fingerprint density at radius 1 is 0.972 bits per heavy atom. The zero-order valence-electron chi connectivity index (χ0n) is 21.2. The van der Waals surface area contributed by atoms with Gasteiger partial charge in [0, 0.05) is 13.1 Å². The van der Waals surface area contributed by atoms with Gasteiger partial charge in [-0.1, -0.05) is 54.6 Å². The molecule has 0 spiro atoms. The van der Waals surface area contributed by atoms with Gasteiger partial charge in [0.25, 0.3) is 0 Å². The summed E-state index contributed by atoms with van der Waals surface area (Å²) in [4.78, 5) is 42.3. The number of aryl methyl sites for hydroxylation is 1. The lowest BCUT2D eigenvalue weighted by Gasteiger charge is -2.41. The van der Waals surface area contributed by atoms with Crippen molar-refractivity contribution in [2.75, 3.05) is 19.6 Å². The number of hydrogen-bond donors (Lipinski definition) is 1. The van der Waals surface area contributed by atoms with Crippen molar-refractivity contribution in [1.29, 1.82) is 0 Å². The molecule has 8 nitrogen and oxygen atoms in total. The summed E-state index contributed by atoms with van der Waals surface area (Å²) in [5.74, 6) is -0.303. The average Bonchev–Trinajstić information content (AvgIpc) is 2.86. The van der Waals surface area contributed by atoms with Crippen molar-refractivity contribution in [2.45, 2.75) is 64.3 Å². The Bertz CT molecular complexity index is 1080. The third kappa shape index (κ3) is 6.36. The van der Waals surface area contributed by atoms with E-state index in [-0.39, 0.29) is 38.2 Å². The first-order valence-electron chi connectivity index (χ1n) is 12.5. The molecule has 2 aliphatic rings. The van der Waals surface area contributed by atoms with E-state index in [9.17, 15) is 14.4 Å². The van der Waals surface area contributed by atoms with E-state index in [1.165, 1.54) is 15.4 Å². The third-order valence-electron chi connectivity index (χ3n) is 6.46. The second-order valence-corrected chi connectivity index (χ2v) is 10.3. The van der Waals surface area contributed by atoms with Gasteiger partial charge in [0.1, 0.15) is 18.2 Å². The lowest BCUT2D eigenvalue weighted by molar-refractivity contribution is -0.129. The fourth-order valence-corrected chi connectivity index (χ4v) is 4.69. The van der Waals surface area contributed by atoms with Gasteiger partial charge in [-0.15, -0.1) is 0 Å². The van der Waals surface area contributed by atoms with E-state index >= 15 is 0 Å². The van der Waals surface area contributed by atoms with Crippen molar-refractivity contribution in [3.8, 4) is 0 Å². The number of benzene rings is 2. The minimum absolute atomic E-state index is 0.0348. The minimum Gasteiger partial charge on any atom is -0.445 e. The van der Waals surface area contributed by atoms with E-state index < -0.39 is 23.8 Å². The number of rotatable bonds is 4. The standard InChI is InChI=1S/C28H35N3O5/c1-28(2,3)36-27(34)31-17-16-30(26(33)35-19-20-10-5-4-6-11-20)18-24(31)25(32)29-23-15-9-13-21-12-7-8-14-22(21)23/h4-8,10-12,14,23-24H,9,13,15-19H2,1-3H3,(H,29,32)/t23-,24+/m1/s1. The number of carbonyl (C=O) groups excluding carboxylic acids is 3. The number of hydrogen-bond acceptors (Lipinski definition) is 5. The van der Waals surface area contributed by atoms with Crippen LogP contribution in [0.3, 0.4) is 0 Å². The van der Waals surface area contributed by atoms with E-state index in [1.807, 2.05) is 48.5 Å². The molecule has 0 radical (unpaired) electrons. The van der Waals surface area contributed by atoms with Crippen molar-refractivity contribution in [3.05, 3.63) is 71.3 Å². The maximum atomic E-state index is 13.6. The summed E-state index contributed by atoms with van der Waals surface area (Å²) >= 11 is 0. The van der Waals surface area contributed by atoms with Crippen molar-refractivity contribution < 1.29 is 23.9 Å². The Kier molecular flexibility index (Phi) is 7.82. The first-order valence-corrected chi connectivity index (χ1v) is 12.5. The molecule has 1 fully saturated rings. The monoisotopic (exact) mass is 493 g/mol. The van der Waals surface area contributed by atoms with Crippen LogP contribution < -0.4 is 5.32 Å². The number of piperazine rings is 1. The van der Waals surface area contributed by atoms with Crippen LogP contribution in [0.1, 0.15) is 56.3 Å². The SMILES string of the molecule is CC(C)(C)OC(=O)N1CCN(C(=O)OCc2ccccc2)C[C@H]1C(=O)N[C@@H]1CCCc2ccccc21. The summed E-state index contributed by atoms with van der Waals surface area (Å²) in [6.45, 7) is 5.97. The van der Waals surface area contributed by atoms with E-state index in [1.54, 1.807) is 20.8 Å². The molecule has 0 bridgehead atoms. The number of nitrogens with one attached hydrogen (secondary N) is 1. The summed E-state index contributed by atoms with van der Waals surface area (Å²) in [6.07, 6.45) is 1.70. The predicted octanol–water partition coefficient (Wildman–Crippen LogP) is 4.44. The summed E-state index contributed by atoms with van der Waals surface area (Å²) in [6, 6.07) is 16.5. The summed E-state index contributed by atoms with van der Waals surface area (Å²) in [7, 11) is 0. The second kappa shape index (κ2) is 11.0. The Labute approximate surface area is 212 Å². The van der Waals surface area contributed by atoms with E-state index in [0.29, 0.717) is 0 Å². The minimum atomic E-state index is -0.882. The zero-order valence-corrected chi connectivity index (χ0v) is 21.2. The fraction of sp³-hybridized carbons (Fsp3) is 0.464. The molecular weight excluding hydrogens is 458 g/mol. The molecule has 0 aromatic heterocycles. The molecule has 0 saturated carbocycles. The first kappa shape index (κ1) is 25.5. The molecule has 2 atom stereocenters. The molecule has 3 amide bonds. The molecule has 1 saturated heterocycles. The Balaban J connectivity index is 1.48. The number of fused-ring (bicyclic) bond motifs is 1. The van der Waals surface area contributed by atoms with Crippen LogP contribution in [0.2, 0.25) is 0 Å². The molecule has 2 aromatic carbocycles. The van der Waals surface area contributed by atoms with Crippen molar-refractivity contribution in [1.82, 2.24) is 15.1 Å². The van der Waals surface area contributed by atoms with Gasteiger partial charge in [-0.2, -0.15) is 0 Å². The third-order valence-corrected chi connectivity index (χ3v) is 6.46. The van der Waals surface area contributed by atoms with Crippen LogP contribution >= 0.6 is 0 Å². The van der Waals surface area contributed by atoms with Crippen molar-refractivity contribution >= 4 is 18.1 Å². The van der Waals surface area contributed by atoms with Crippen LogP contribution in [0.25, 0.3) is 0 Å². The predicted molar refractivity (Wildman–Crippen MR) is 135 cm³/mol. The molecule has 1 aliphatic heterocycles. The normalized spacial score (nSPS) is 19.8. The van der Waals surface area contributed by atoms with Gasteiger partial charge in [0.2, 0.25) is 5.91 Å². The van der Waals surface area contributed by atoms with Gasteiger partial charge in [-0.3, -0.25) is 9.69 Å². The summed E-state index contributed by atoms with van der Waals surface area (Å²) in [5.41, 5.74) is 2.51. The fourth-order valence-electron chi connectivity index (χ4n) is 4.69. The smallest absolute Gasteiger partial charge is 0.411 e. The number of amides is 3. The maximum absolute atomic E-state index is 13.6. The average molecular weight is 494 g/mol. The Morgan fingerprint density at radius 3 is 2.44 bits per heavy atom. The van der Waals surface area contributed by atoms with Gasteiger partial charge in [0.05, 0.1) is 12.6 Å². The van der Waals surface area contributed by atoms with Gasteiger partial charge >= 0.3 is 12.2 Å². The molecule has 36 heavy (non-hydrogen) atoms. The van der Waals surface area contributed by atoms with Gasteiger partial charge in [-0.25, -0.2) is 9.59 Å². The second-order valence-electron chi connectivity index (χ2n) is 10.3.